The van der Waals surface area contributed by atoms with Crippen molar-refractivity contribution in [3.63, 3.8) is 0 Å². The second-order valence-corrected chi connectivity index (χ2v) is 14.1. The molecule has 41 heavy (non-hydrogen) atoms. The summed E-state index contributed by atoms with van der Waals surface area (Å²) in [5, 5.41) is 8.34. The molecule has 5 heteroatoms. The molecule has 0 fully saturated rings. The quantitative estimate of drug-likeness (QED) is 0.171. The molecule has 0 saturated heterocycles. The SMILES string of the molecule is [Cl-].[Cl-].[Pd+2][c]1cccc(P(c2ccccc2)c2ccccc2)c1.c1ccc(P(c2ccccc2)c2ccccc2)cc1. The van der Waals surface area contributed by atoms with Crippen LogP contribution in [0.1, 0.15) is 0 Å². The van der Waals surface area contributed by atoms with Gasteiger partial charge in [0.2, 0.25) is 0 Å². The molecule has 0 radical (unpaired) electrons. The van der Waals surface area contributed by atoms with Gasteiger partial charge in [-0.05, 0) is 23.8 Å². The molecule has 0 heterocycles. The van der Waals surface area contributed by atoms with Crippen LogP contribution in [0.3, 0.4) is 0 Å². The fraction of sp³-hybridized carbons (Fsp3) is 0. The Morgan fingerprint density at radius 2 is 0.537 bits per heavy atom. The van der Waals surface area contributed by atoms with E-state index in [1.807, 2.05) is 0 Å². The van der Waals surface area contributed by atoms with Crippen molar-refractivity contribution < 1.29 is 44.0 Å². The van der Waals surface area contributed by atoms with Gasteiger partial charge in [0.1, 0.15) is 0 Å². The Hall–Kier alpha value is -2.58. The molecule has 6 rings (SSSR count). The van der Waals surface area contributed by atoms with Crippen LogP contribution in [-0.2, 0) is 19.2 Å². The largest absolute Gasteiger partial charge is 0.0622 e. The van der Waals surface area contributed by atoms with Crippen LogP contribution in [-0.4, -0.2) is 0 Å². The summed E-state index contributed by atoms with van der Waals surface area (Å²) in [6.07, 6.45) is 0. The van der Waals surface area contributed by atoms with Crippen molar-refractivity contribution in [3.8, 4) is 0 Å². The number of benzene rings is 6. The molecular formula is C36H29Cl2P2Pd. The Kier molecular flexibility index (Phi) is 14.0. The van der Waals surface area contributed by atoms with E-state index in [2.05, 4.69) is 195 Å². The van der Waals surface area contributed by atoms with Gasteiger partial charge in [-0.1, -0.05) is 91.0 Å². The molecule has 207 valence electrons. The minimum absolute atomic E-state index is 0. The Labute approximate surface area is 270 Å². The van der Waals surface area contributed by atoms with Crippen LogP contribution in [0.25, 0.3) is 0 Å². The maximum absolute atomic E-state index is 3.30. The van der Waals surface area contributed by atoms with Gasteiger partial charge in [0, 0.05) is 0 Å². The fourth-order valence-electron chi connectivity index (χ4n) is 4.38. The van der Waals surface area contributed by atoms with E-state index in [9.17, 15) is 0 Å². The van der Waals surface area contributed by atoms with E-state index < -0.39 is 15.8 Å². The number of halogens is 2. The van der Waals surface area contributed by atoms with Crippen LogP contribution < -0.4 is 60.7 Å². The molecule has 0 N–H and O–H groups in total. The standard InChI is InChI=1S/C18H15P.C18H14P.2ClH.Pd/c2*1-4-10-16(11-5-1)19(17-12-6-2-7-13-17)18-14-8-3-9-15-18;;;/h1-15H;1-8,10-15H;2*1H;/q;;;;+2/p-2. The van der Waals surface area contributed by atoms with Crippen LogP contribution in [0.2, 0.25) is 0 Å². The summed E-state index contributed by atoms with van der Waals surface area (Å²) >= 11 is 3.30. The zero-order chi connectivity index (χ0) is 26.7. The predicted octanol–water partition coefficient (Wildman–Crippen LogP) is 0.0697. The van der Waals surface area contributed by atoms with Crippen molar-refractivity contribution in [1.29, 1.82) is 0 Å². The molecule has 0 aliphatic heterocycles. The minimum Gasteiger partial charge on any atom is -0.0622 e. The van der Waals surface area contributed by atoms with Gasteiger partial charge in [-0.2, -0.15) is 0 Å². The van der Waals surface area contributed by atoms with Crippen LogP contribution in [0.5, 0.6) is 0 Å². The van der Waals surface area contributed by atoms with Crippen molar-refractivity contribution in [3.05, 3.63) is 176 Å². The first kappa shape index (κ1) is 32.9. The molecule has 0 nitrogen and oxygen atoms in total. The van der Waals surface area contributed by atoms with E-state index in [0.29, 0.717) is 0 Å². The van der Waals surface area contributed by atoms with Crippen molar-refractivity contribution in [1.82, 2.24) is 0 Å². The third-order valence-electron chi connectivity index (χ3n) is 6.12. The molecular weight excluding hydrogens is 672 g/mol. The molecule has 6 aromatic carbocycles. The number of hydrogen-bond acceptors (Lipinski definition) is 0. The molecule has 0 bridgehead atoms. The van der Waals surface area contributed by atoms with Gasteiger partial charge in [-0.3, -0.25) is 0 Å². The van der Waals surface area contributed by atoms with Crippen LogP contribution >= 0.6 is 15.8 Å². The second-order valence-electron chi connectivity index (χ2n) is 8.79. The molecule has 0 aromatic heterocycles. The van der Waals surface area contributed by atoms with Crippen LogP contribution in [0.4, 0.5) is 0 Å². The van der Waals surface area contributed by atoms with E-state index in [0.717, 1.165) is 0 Å². The molecule has 6 aromatic rings. The van der Waals surface area contributed by atoms with Crippen LogP contribution in [0.15, 0.2) is 176 Å². The molecule has 0 aliphatic rings. The zero-order valence-corrected chi connectivity index (χ0v) is 27.1. The first-order chi connectivity index (χ1) is 19.3. The Morgan fingerprint density at radius 1 is 0.293 bits per heavy atom. The number of rotatable bonds is 6. The van der Waals surface area contributed by atoms with Gasteiger partial charge in [-0.25, -0.2) is 0 Å². The Bertz CT molecular complexity index is 1420. The van der Waals surface area contributed by atoms with Gasteiger partial charge in [0.25, 0.3) is 0 Å². The average molecular weight is 701 g/mol. The first-order valence-corrected chi connectivity index (χ1v) is 16.3. The third kappa shape index (κ3) is 9.20. The van der Waals surface area contributed by atoms with E-state index >= 15 is 0 Å². The van der Waals surface area contributed by atoms with Crippen molar-refractivity contribution in [2.75, 3.05) is 0 Å². The molecule has 0 spiro atoms. The summed E-state index contributed by atoms with van der Waals surface area (Å²) in [7, 11) is -0.932. The summed E-state index contributed by atoms with van der Waals surface area (Å²) in [6.45, 7) is 0. The van der Waals surface area contributed by atoms with Gasteiger partial charge in [-0.15, -0.1) is 0 Å². The summed E-state index contributed by atoms with van der Waals surface area (Å²) in [4.78, 5) is 0. The molecule has 0 aliphatic carbocycles. The van der Waals surface area contributed by atoms with Gasteiger partial charge < -0.3 is 24.8 Å². The molecule has 0 unspecified atom stereocenters. The summed E-state index contributed by atoms with van der Waals surface area (Å²) in [6, 6.07) is 62.5. The third-order valence-corrected chi connectivity index (χ3v) is 11.5. The van der Waals surface area contributed by atoms with E-state index in [1.165, 1.54) is 35.9 Å². The maximum Gasteiger partial charge on any atom is -0.0134 e. The van der Waals surface area contributed by atoms with Gasteiger partial charge >= 0.3 is 132 Å². The van der Waals surface area contributed by atoms with E-state index in [-0.39, 0.29) is 24.8 Å². The van der Waals surface area contributed by atoms with Gasteiger partial charge in [0.05, 0.1) is 0 Å². The summed E-state index contributed by atoms with van der Waals surface area (Å²) in [5.41, 5.74) is 0. The smallest absolute Gasteiger partial charge is 0.0134 e. The number of hydrogen-bond donors (Lipinski definition) is 0. The fourth-order valence-corrected chi connectivity index (χ4v) is 9.58. The van der Waals surface area contributed by atoms with Crippen LogP contribution in [0, 0.1) is 0 Å². The van der Waals surface area contributed by atoms with E-state index in [1.54, 1.807) is 0 Å². The summed E-state index contributed by atoms with van der Waals surface area (Å²) in [5.74, 6) is 0. The summed E-state index contributed by atoms with van der Waals surface area (Å²) < 4.78 is 1.17. The molecule has 0 atom stereocenters. The monoisotopic (exact) mass is 699 g/mol. The normalized spacial score (nSPS) is 10.1. The average Bonchev–Trinajstić information content (AvgIpc) is 3.01. The second kappa shape index (κ2) is 17.4. The van der Waals surface area contributed by atoms with Crippen molar-refractivity contribution in [2.24, 2.45) is 0 Å². The van der Waals surface area contributed by atoms with Gasteiger partial charge in [0.15, 0.2) is 0 Å². The van der Waals surface area contributed by atoms with Crippen molar-refractivity contribution >= 4 is 51.7 Å². The maximum atomic E-state index is 3.30. The minimum atomic E-state index is -0.486. The van der Waals surface area contributed by atoms with E-state index in [4.69, 9.17) is 0 Å². The Morgan fingerprint density at radius 3 is 0.805 bits per heavy atom. The predicted molar refractivity (Wildman–Crippen MR) is 170 cm³/mol. The molecule has 0 saturated carbocycles. The first-order valence-electron chi connectivity index (χ1n) is 12.9. The Balaban J connectivity index is 0.000000215. The van der Waals surface area contributed by atoms with Crippen molar-refractivity contribution in [2.45, 2.75) is 0 Å². The zero-order valence-electron chi connectivity index (χ0n) is 22.2. The topological polar surface area (TPSA) is 0 Å². The molecule has 0 amide bonds.